The van der Waals surface area contributed by atoms with Crippen LogP contribution in [0.3, 0.4) is 0 Å². The molecule has 10 heavy (non-hydrogen) atoms. The molecule has 0 spiro atoms. The van der Waals surface area contributed by atoms with Crippen molar-refractivity contribution in [1.29, 1.82) is 0 Å². The van der Waals surface area contributed by atoms with Gasteiger partial charge in [-0.05, 0) is 24.0 Å². The summed E-state index contributed by atoms with van der Waals surface area (Å²) in [6, 6.07) is 3.67. The number of furan rings is 1. The lowest BCUT2D eigenvalue weighted by molar-refractivity contribution is 0.567. The van der Waals surface area contributed by atoms with Gasteiger partial charge in [0.2, 0.25) is 0 Å². The van der Waals surface area contributed by atoms with Gasteiger partial charge in [0.25, 0.3) is 0 Å². The molecule has 0 aromatic carbocycles. The summed E-state index contributed by atoms with van der Waals surface area (Å²) in [5.41, 5.74) is 0. The van der Waals surface area contributed by atoms with Crippen molar-refractivity contribution in [3.8, 4) is 0 Å². The topological polar surface area (TPSA) is 13.1 Å². The first-order valence-corrected chi connectivity index (χ1v) is 4.29. The summed E-state index contributed by atoms with van der Waals surface area (Å²) in [6.07, 6.45) is 6.73. The quantitative estimate of drug-likeness (QED) is 0.570. The Kier molecular flexibility index (Phi) is 3.87. The van der Waals surface area contributed by atoms with E-state index < -0.39 is 0 Å². The second-order valence-corrected chi connectivity index (χ2v) is 2.84. The van der Waals surface area contributed by atoms with Crippen LogP contribution in [0.25, 0.3) is 0 Å². The van der Waals surface area contributed by atoms with Gasteiger partial charge >= 0.3 is 0 Å². The predicted molar refractivity (Wildman–Crippen MR) is 44.9 cm³/mol. The summed E-state index contributed by atoms with van der Waals surface area (Å²) in [4.78, 5) is 0. The molecule has 0 amide bonds. The van der Waals surface area contributed by atoms with Crippen molar-refractivity contribution in [1.82, 2.24) is 0 Å². The molecule has 2 heteroatoms. The Balaban J connectivity index is 0.0000001000. The Bertz CT molecular complexity index is 144. The maximum absolute atomic E-state index is 4.58. The highest BCUT2D eigenvalue weighted by atomic mass is 32.2. The lowest BCUT2D eigenvalue weighted by Crippen LogP contribution is -1.56. The van der Waals surface area contributed by atoms with E-state index in [4.69, 9.17) is 0 Å². The molecule has 2 heterocycles. The number of rotatable bonds is 0. The maximum atomic E-state index is 4.58. The molecule has 0 unspecified atom stereocenters. The third-order valence-electron chi connectivity index (χ3n) is 1.02. The lowest BCUT2D eigenvalue weighted by Gasteiger charge is -1.69. The molecule has 0 fully saturated rings. The Morgan fingerprint density at radius 1 is 1.20 bits per heavy atom. The van der Waals surface area contributed by atoms with Crippen molar-refractivity contribution < 1.29 is 4.42 Å². The van der Waals surface area contributed by atoms with Gasteiger partial charge in [0.15, 0.2) is 0 Å². The van der Waals surface area contributed by atoms with Crippen molar-refractivity contribution in [3.63, 3.8) is 0 Å². The molecule has 54 valence electrons. The summed E-state index contributed by atoms with van der Waals surface area (Å²) >= 11 is 1.89. The highest BCUT2D eigenvalue weighted by molar-refractivity contribution is 8.02. The van der Waals surface area contributed by atoms with Crippen molar-refractivity contribution in [2.75, 3.05) is 5.75 Å². The number of hydrogen-bond donors (Lipinski definition) is 0. The van der Waals surface area contributed by atoms with Gasteiger partial charge < -0.3 is 4.42 Å². The average molecular weight is 154 g/mol. The Hall–Kier alpha value is -0.630. The van der Waals surface area contributed by atoms with Crippen LogP contribution >= 0.6 is 11.8 Å². The molecule has 1 aromatic rings. The van der Waals surface area contributed by atoms with Crippen molar-refractivity contribution in [2.24, 2.45) is 0 Å². The minimum atomic E-state index is 1.28. The van der Waals surface area contributed by atoms with E-state index in [0.29, 0.717) is 0 Å². The van der Waals surface area contributed by atoms with Gasteiger partial charge in [-0.15, -0.1) is 11.8 Å². The van der Waals surface area contributed by atoms with E-state index in [2.05, 4.69) is 15.9 Å². The van der Waals surface area contributed by atoms with Crippen LogP contribution in [0.5, 0.6) is 0 Å². The second-order valence-electron chi connectivity index (χ2n) is 1.82. The molecule has 0 radical (unpaired) electrons. The first-order chi connectivity index (χ1) is 5.00. The van der Waals surface area contributed by atoms with E-state index in [1.807, 2.05) is 23.9 Å². The number of thioether (sulfide) groups is 1. The van der Waals surface area contributed by atoms with Crippen LogP contribution in [-0.4, -0.2) is 5.75 Å². The van der Waals surface area contributed by atoms with Gasteiger partial charge in [-0.25, -0.2) is 0 Å². The molecule has 0 N–H and O–H groups in total. The highest BCUT2D eigenvalue weighted by Gasteiger charge is 1.85. The van der Waals surface area contributed by atoms with Gasteiger partial charge in [0, 0.05) is 5.75 Å². The summed E-state index contributed by atoms with van der Waals surface area (Å²) in [6.45, 7) is 0. The van der Waals surface area contributed by atoms with Gasteiger partial charge in [-0.1, -0.05) is 6.08 Å². The largest absolute Gasteiger partial charge is 0.473 e. The van der Waals surface area contributed by atoms with Gasteiger partial charge in [0.05, 0.1) is 12.5 Å². The lowest BCUT2D eigenvalue weighted by atomic mass is 10.5. The summed E-state index contributed by atoms with van der Waals surface area (Å²) in [7, 11) is 0. The fourth-order valence-corrected chi connectivity index (χ4v) is 1.25. The van der Waals surface area contributed by atoms with Gasteiger partial charge in [-0.2, -0.15) is 0 Å². The van der Waals surface area contributed by atoms with E-state index in [9.17, 15) is 0 Å². The van der Waals surface area contributed by atoms with Gasteiger partial charge in [-0.3, -0.25) is 0 Å². The van der Waals surface area contributed by atoms with Gasteiger partial charge in [0.1, 0.15) is 0 Å². The minimum absolute atomic E-state index is 1.28. The molecule has 1 aromatic heterocycles. The molecule has 0 saturated heterocycles. The monoisotopic (exact) mass is 154 g/mol. The van der Waals surface area contributed by atoms with Crippen LogP contribution < -0.4 is 0 Å². The Labute approximate surface area is 65.1 Å². The Morgan fingerprint density at radius 3 is 2.20 bits per heavy atom. The van der Waals surface area contributed by atoms with Crippen molar-refractivity contribution in [3.05, 3.63) is 36.1 Å². The molecule has 0 bridgehead atoms. The maximum Gasteiger partial charge on any atom is 0.0902 e. The average Bonchev–Trinajstić information content (AvgIpc) is 2.67. The third-order valence-corrected chi connectivity index (χ3v) is 1.88. The second kappa shape index (κ2) is 5.18. The first-order valence-electron chi connectivity index (χ1n) is 3.24. The first kappa shape index (κ1) is 7.48. The molecule has 1 aliphatic heterocycles. The fraction of sp³-hybridized carbons (Fsp3) is 0.250. The molecule has 2 rings (SSSR count). The Morgan fingerprint density at radius 2 is 2.00 bits per heavy atom. The predicted octanol–water partition coefficient (Wildman–Crippen LogP) is 2.92. The van der Waals surface area contributed by atoms with E-state index in [-0.39, 0.29) is 0 Å². The van der Waals surface area contributed by atoms with Crippen LogP contribution in [0.1, 0.15) is 6.42 Å². The molecule has 0 saturated carbocycles. The fourth-order valence-electron chi connectivity index (χ4n) is 0.567. The van der Waals surface area contributed by atoms with E-state index in [1.165, 1.54) is 12.2 Å². The number of allylic oxidation sites excluding steroid dienone is 1. The van der Waals surface area contributed by atoms with Crippen LogP contribution in [0.15, 0.2) is 40.6 Å². The molecular weight excluding hydrogens is 144 g/mol. The van der Waals surface area contributed by atoms with Crippen molar-refractivity contribution in [2.45, 2.75) is 6.42 Å². The van der Waals surface area contributed by atoms with Crippen LogP contribution in [0.2, 0.25) is 0 Å². The number of hydrogen-bond acceptors (Lipinski definition) is 2. The zero-order valence-corrected chi connectivity index (χ0v) is 6.51. The zero-order chi connectivity index (χ0) is 7.07. The molecule has 1 nitrogen and oxygen atoms in total. The standard InChI is InChI=1S/C4H4O.C4H6S/c2*1-2-4-5-3-1/h1-4H;1,3H,2,4H2. The third kappa shape index (κ3) is 3.41. The molecule has 0 aliphatic carbocycles. The molecule has 0 atom stereocenters. The summed E-state index contributed by atoms with van der Waals surface area (Å²) < 4.78 is 4.58. The van der Waals surface area contributed by atoms with Crippen molar-refractivity contribution >= 4 is 11.8 Å². The highest BCUT2D eigenvalue weighted by Crippen LogP contribution is 2.11. The van der Waals surface area contributed by atoms with E-state index in [1.54, 1.807) is 12.5 Å². The smallest absolute Gasteiger partial charge is 0.0902 e. The molecule has 1 aliphatic rings. The zero-order valence-electron chi connectivity index (χ0n) is 5.69. The van der Waals surface area contributed by atoms with E-state index in [0.717, 1.165) is 0 Å². The minimum Gasteiger partial charge on any atom is -0.473 e. The molecular formula is C8H10OS. The van der Waals surface area contributed by atoms with Crippen LogP contribution in [0.4, 0.5) is 0 Å². The van der Waals surface area contributed by atoms with E-state index >= 15 is 0 Å². The van der Waals surface area contributed by atoms with Crippen LogP contribution in [-0.2, 0) is 0 Å². The van der Waals surface area contributed by atoms with Crippen LogP contribution in [0, 0.1) is 0 Å². The normalized spacial score (nSPS) is 14.4. The summed E-state index contributed by atoms with van der Waals surface area (Å²) in [5.74, 6) is 1.31. The summed E-state index contributed by atoms with van der Waals surface area (Å²) in [5, 5.41) is 2.15. The SMILES string of the molecule is C1=CSCC1.c1ccoc1.